The van der Waals surface area contributed by atoms with Crippen LogP contribution in [-0.4, -0.2) is 31.8 Å². The average Bonchev–Trinajstić information content (AvgIpc) is 2.81. The Kier molecular flexibility index (Phi) is 4.29. The molecule has 0 fully saturated rings. The number of hydrogen-bond donors (Lipinski definition) is 1. The van der Waals surface area contributed by atoms with Crippen LogP contribution in [0.5, 0.6) is 0 Å². The molecule has 2 rings (SSSR count). The highest BCUT2D eigenvalue weighted by Crippen LogP contribution is 2.36. The Bertz CT molecular complexity index is 564. The molecule has 0 radical (unpaired) electrons. The summed E-state index contributed by atoms with van der Waals surface area (Å²) >= 11 is 0. The summed E-state index contributed by atoms with van der Waals surface area (Å²) in [6.07, 6.45) is 2.37. The Morgan fingerprint density at radius 3 is 2.55 bits per heavy atom. The van der Waals surface area contributed by atoms with Crippen molar-refractivity contribution < 1.29 is 0 Å². The highest BCUT2D eigenvalue weighted by Gasteiger charge is 2.25. The minimum absolute atomic E-state index is 0.517. The second-order valence-electron chi connectivity index (χ2n) is 5.80. The number of benzene rings is 1. The number of aliphatic imine (C=N–C) groups is 1. The van der Waals surface area contributed by atoms with Crippen LogP contribution in [0.25, 0.3) is 5.57 Å². The third-order valence-electron chi connectivity index (χ3n) is 4.20. The third-order valence-corrected chi connectivity index (χ3v) is 4.20. The van der Waals surface area contributed by atoms with Crippen molar-refractivity contribution in [3.8, 4) is 0 Å². The molecule has 0 saturated carbocycles. The van der Waals surface area contributed by atoms with Crippen molar-refractivity contribution in [2.45, 2.75) is 32.7 Å². The summed E-state index contributed by atoms with van der Waals surface area (Å²) in [6, 6.07) is 7.24. The van der Waals surface area contributed by atoms with Crippen LogP contribution in [0.4, 0.5) is 0 Å². The molecule has 3 nitrogen and oxygen atoms in total. The fraction of sp³-hybridized carbons (Fsp3) is 0.471. The number of aryl methyl sites for hydroxylation is 1. The van der Waals surface area contributed by atoms with Crippen molar-refractivity contribution >= 4 is 11.3 Å². The number of rotatable bonds is 3. The van der Waals surface area contributed by atoms with Gasteiger partial charge in [0.05, 0.1) is 0 Å². The lowest BCUT2D eigenvalue weighted by molar-refractivity contribution is 0.299. The average molecular weight is 271 g/mol. The topological polar surface area (TPSA) is 41.6 Å². The number of allylic oxidation sites excluding steroid dienone is 2. The molecular weight excluding hydrogens is 246 g/mol. The van der Waals surface area contributed by atoms with E-state index >= 15 is 0 Å². The summed E-state index contributed by atoms with van der Waals surface area (Å²) in [4.78, 5) is 6.60. The molecule has 1 aliphatic carbocycles. The summed E-state index contributed by atoms with van der Waals surface area (Å²) < 4.78 is 0. The van der Waals surface area contributed by atoms with E-state index in [1.165, 1.54) is 29.5 Å². The van der Waals surface area contributed by atoms with Gasteiger partial charge in [-0.2, -0.15) is 0 Å². The van der Waals surface area contributed by atoms with Crippen LogP contribution in [0.3, 0.4) is 0 Å². The molecule has 1 atom stereocenters. The van der Waals surface area contributed by atoms with Gasteiger partial charge in [-0.25, -0.2) is 0 Å². The lowest BCUT2D eigenvalue weighted by atomic mass is 9.95. The van der Waals surface area contributed by atoms with Gasteiger partial charge in [0, 0.05) is 30.1 Å². The first-order valence-electron chi connectivity index (χ1n) is 7.15. The summed E-state index contributed by atoms with van der Waals surface area (Å²) in [5.41, 5.74) is 13.0. The van der Waals surface area contributed by atoms with E-state index in [2.05, 4.69) is 42.2 Å². The molecule has 0 aliphatic heterocycles. The standard InChI is InChI=1S/C17H25N3/c1-11(18)17(12(2)19-3)14-7-6-13-8-9-16(20(4)5)15(13)10-14/h6-7,10,16H,8-9,18H2,1-5H3/b17-11+,19-12?. The lowest BCUT2D eigenvalue weighted by Gasteiger charge is -2.21. The molecule has 0 heterocycles. The second kappa shape index (κ2) is 5.80. The quantitative estimate of drug-likeness (QED) is 0.859. The monoisotopic (exact) mass is 271 g/mol. The molecule has 3 heteroatoms. The minimum Gasteiger partial charge on any atom is -0.402 e. The largest absolute Gasteiger partial charge is 0.402 e. The highest BCUT2D eigenvalue weighted by molar-refractivity contribution is 6.23. The van der Waals surface area contributed by atoms with Crippen molar-refractivity contribution in [2.75, 3.05) is 21.1 Å². The molecule has 1 unspecified atom stereocenters. The van der Waals surface area contributed by atoms with Gasteiger partial charge in [0.25, 0.3) is 0 Å². The Hall–Kier alpha value is -1.61. The molecule has 1 aromatic rings. The van der Waals surface area contributed by atoms with Crippen molar-refractivity contribution in [2.24, 2.45) is 10.7 Å². The number of nitrogens with zero attached hydrogens (tertiary/aromatic N) is 2. The van der Waals surface area contributed by atoms with Crippen LogP contribution >= 0.6 is 0 Å². The highest BCUT2D eigenvalue weighted by atomic mass is 15.1. The van der Waals surface area contributed by atoms with Crippen LogP contribution in [-0.2, 0) is 6.42 Å². The SMILES string of the molecule is CN=C(C)/C(=C(/C)N)c1ccc2c(c1)C(N(C)C)CC2. The van der Waals surface area contributed by atoms with Crippen LogP contribution in [0.2, 0.25) is 0 Å². The van der Waals surface area contributed by atoms with Gasteiger partial charge in [-0.05, 0) is 63.5 Å². The molecule has 0 aromatic heterocycles. The van der Waals surface area contributed by atoms with E-state index in [0.29, 0.717) is 6.04 Å². The smallest absolute Gasteiger partial charge is 0.0409 e. The molecule has 2 N–H and O–H groups in total. The normalized spacial score (nSPS) is 20.1. The molecule has 0 amide bonds. The zero-order chi connectivity index (χ0) is 14.9. The van der Waals surface area contributed by atoms with E-state index in [1.54, 1.807) is 0 Å². The zero-order valence-electron chi connectivity index (χ0n) is 13.2. The molecule has 20 heavy (non-hydrogen) atoms. The fourth-order valence-corrected chi connectivity index (χ4v) is 3.11. The van der Waals surface area contributed by atoms with Gasteiger partial charge in [0.2, 0.25) is 0 Å². The molecular formula is C17H25N3. The predicted octanol–water partition coefficient (Wildman–Crippen LogP) is 3.02. The van der Waals surface area contributed by atoms with Crippen molar-refractivity contribution in [1.29, 1.82) is 0 Å². The first kappa shape index (κ1) is 14.8. The zero-order valence-corrected chi connectivity index (χ0v) is 13.2. The van der Waals surface area contributed by atoms with Gasteiger partial charge < -0.3 is 10.6 Å². The first-order valence-corrected chi connectivity index (χ1v) is 7.15. The molecule has 0 saturated heterocycles. The van der Waals surface area contributed by atoms with Crippen LogP contribution in [0.15, 0.2) is 28.9 Å². The molecule has 1 aromatic carbocycles. The van der Waals surface area contributed by atoms with Gasteiger partial charge >= 0.3 is 0 Å². The van der Waals surface area contributed by atoms with Gasteiger partial charge in [0.1, 0.15) is 0 Å². The van der Waals surface area contributed by atoms with Crippen molar-refractivity contribution in [3.05, 3.63) is 40.6 Å². The third kappa shape index (κ3) is 2.63. The lowest BCUT2D eigenvalue weighted by Crippen LogP contribution is -2.17. The molecule has 0 spiro atoms. The fourth-order valence-electron chi connectivity index (χ4n) is 3.11. The first-order chi connectivity index (χ1) is 9.45. The number of fused-ring (bicyclic) bond motifs is 1. The second-order valence-corrected chi connectivity index (χ2v) is 5.80. The maximum absolute atomic E-state index is 6.07. The predicted molar refractivity (Wildman–Crippen MR) is 87.0 cm³/mol. The van der Waals surface area contributed by atoms with Gasteiger partial charge in [0.15, 0.2) is 0 Å². The number of nitrogens with two attached hydrogens (primary N) is 1. The Balaban J connectivity index is 2.51. The summed E-state index contributed by atoms with van der Waals surface area (Å²) in [7, 11) is 6.11. The van der Waals surface area contributed by atoms with E-state index < -0.39 is 0 Å². The molecule has 108 valence electrons. The Labute approximate surface area is 122 Å². The van der Waals surface area contributed by atoms with Crippen LogP contribution in [0.1, 0.15) is 43.0 Å². The summed E-state index contributed by atoms with van der Waals surface area (Å²) in [5.74, 6) is 0. The van der Waals surface area contributed by atoms with E-state index in [9.17, 15) is 0 Å². The van der Waals surface area contributed by atoms with E-state index in [1.807, 2.05) is 20.9 Å². The van der Waals surface area contributed by atoms with E-state index in [-0.39, 0.29) is 0 Å². The Morgan fingerprint density at radius 1 is 1.30 bits per heavy atom. The molecule has 0 bridgehead atoms. The number of hydrogen-bond acceptors (Lipinski definition) is 3. The van der Waals surface area contributed by atoms with Gasteiger partial charge in [-0.15, -0.1) is 0 Å². The minimum atomic E-state index is 0.517. The van der Waals surface area contributed by atoms with Gasteiger partial charge in [-0.1, -0.05) is 12.1 Å². The van der Waals surface area contributed by atoms with Gasteiger partial charge in [-0.3, -0.25) is 4.99 Å². The Morgan fingerprint density at radius 2 is 2.00 bits per heavy atom. The van der Waals surface area contributed by atoms with Crippen molar-refractivity contribution in [3.63, 3.8) is 0 Å². The summed E-state index contributed by atoms with van der Waals surface area (Å²) in [5, 5.41) is 0. The maximum atomic E-state index is 6.07. The molecule has 1 aliphatic rings. The summed E-state index contributed by atoms with van der Waals surface area (Å²) in [6.45, 7) is 3.96. The van der Waals surface area contributed by atoms with E-state index in [0.717, 1.165) is 17.0 Å². The van der Waals surface area contributed by atoms with Crippen LogP contribution in [0, 0.1) is 0 Å². The van der Waals surface area contributed by atoms with Crippen molar-refractivity contribution in [1.82, 2.24) is 4.90 Å². The van der Waals surface area contributed by atoms with Crippen LogP contribution < -0.4 is 5.73 Å². The van der Waals surface area contributed by atoms with E-state index in [4.69, 9.17) is 5.73 Å². The maximum Gasteiger partial charge on any atom is 0.0409 e.